The second kappa shape index (κ2) is 7.25. The first-order valence-corrected chi connectivity index (χ1v) is 8.21. The molecule has 0 radical (unpaired) electrons. The number of carbonyl (C=O) groups is 2. The molecule has 5 nitrogen and oxygen atoms in total. The first kappa shape index (κ1) is 16.3. The Hall–Kier alpha value is -1.10. The number of carboxylic acids is 1. The third-order valence-corrected chi connectivity index (χ3v) is 4.68. The maximum Gasteiger partial charge on any atom is 0.306 e. The van der Waals surface area contributed by atoms with Gasteiger partial charge in [-0.05, 0) is 25.2 Å². The van der Waals surface area contributed by atoms with Crippen molar-refractivity contribution in [1.82, 2.24) is 9.80 Å². The molecule has 1 heterocycles. The summed E-state index contributed by atoms with van der Waals surface area (Å²) >= 11 is 0. The van der Waals surface area contributed by atoms with Crippen LogP contribution in [0, 0.1) is 17.8 Å². The van der Waals surface area contributed by atoms with Crippen LogP contribution in [0.15, 0.2) is 0 Å². The lowest BCUT2D eigenvalue weighted by Crippen LogP contribution is -2.51. The van der Waals surface area contributed by atoms with Crippen LogP contribution in [0.3, 0.4) is 0 Å². The van der Waals surface area contributed by atoms with Gasteiger partial charge in [0.05, 0.1) is 5.92 Å². The molecule has 0 spiro atoms. The van der Waals surface area contributed by atoms with E-state index in [9.17, 15) is 9.59 Å². The van der Waals surface area contributed by atoms with Gasteiger partial charge in [0.15, 0.2) is 0 Å². The van der Waals surface area contributed by atoms with Gasteiger partial charge >= 0.3 is 5.97 Å². The normalized spacial score (nSPS) is 27.9. The number of rotatable bonds is 4. The molecule has 1 saturated carbocycles. The van der Waals surface area contributed by atoms with Crippen molar-refractivity contribution in [2.45, 2.75) is 39.5 Å². The van der Waals surface area contributed by atoms with E-state index in [4.69, 9.17) is 5.11 Å². The highest BCUT2D eigenvalue weighted by molar-refractivity contribution is 5.80. The molecule has 2 rings (SSSR count). The van der Waals surface area contributed by atoms with Gasteiger partial charge in [0, 0.05) is 38.6 Å². The molecule has 21 heavy (non-hydrogen) atoms. The van der Waals surface area contributed by atoms with Crippen molar-refractivity contribution in [1.29, 1.82) is 0 Å². The van der Waals surface area contributed by atoms with Crippen molar-refractivity contribution in [3.05, 3.63) is 0 Å². The summed E-state index contributed by atoms with van der Waals surface area (Å²) in [6.07, 6.45) is 2.97. The molecular weight excluding hydrogens is 268 g/mol. The largest absolute Gasteiger partial charge is 0.481 e. The van der Waals surface area contributed by atoms with Crippen LogP contribution in [-0.2, 0) is 9.59 Å². The topological polar surface area (TPSA) is 60.9 Å². The van der Waals surface area contributed by atoms with Gasteiger partial charge in [0.25, 0.3) is 0 Å². The van der Waals surface area contributed by atoms with E-state index in [1.165, 1.54) is 0 Å². The number of carbonyl (C=O) groups excluding carboxylic acids is 1. The molecule has 5 heteroatoms. The maximum atomic E-state index is 12.6. The molecule has 0 aromatic rings. The maximum absolute atomic E-state index is 12.6. The van der Waals surface area contributed by atoms with Crippen LogP contribution in [0.25, 0.3) is 0 Å². The summed E-state index contributed by atoms with van der Waals surface area (Å²) in [4.78, 5) is 28.0. The highest BCUT2D eigenvalue weighted by atomic mass is 16.4. The molecule has 2 atom stereocenters. The Morgan fingerprint density at radius 1 is 1.10 bits per heavy atom. The van der Waals surface area contributed by atoms with Crippen LogP contribution < -0.4 is 0 Å². The van der Waals surface area contributed by atoms with Gasteiger partial charge in [0.2, 0.25) is 5.91 Å². The molecule has 2 aliphatic rings. The second-order valence-electron chi connectivity index (χ2n) is 6.92. The third-order valence-electron chi connectivity index (χ3n) is 4.68. The summed E-state index contributed by atoms with van der Waals surface area (Å²) in [5.74, 6) is -0.298. The summed E-state index contributed by atoms with van der Waals surface area (Å²) < 4.78 is 0. The quantitative estimate of drug-likeness (QED) is 0.857. The van der Waals surface area contributed by atoms with Crippen LogP contribution in [0.2, 0.25) is 0 Å². The van der Waals surface area contributed by atoms with Crippen LogP contribution in [0.1, 0.15) is 39.5 Å². The number of aliphatic carboxylic acids is 1. The molecule has 1 N–H and O–H groups in total. The fourth-order valence-corrected chi connectivity index (χ4v) is 3.56. The standard InChI is InChI=1S/C16H28N2O3/c1-12(2)11-17-6-8-18(9-7-17)15(19)13-4-3-5-14(10-13)16(20)21/h12-14H,3-11H2,1-2H3,(H,20,21). The van der Waals surface area contributed by atoms with Crippen molar-refractivity contribution in [3.8, 4) is 0 Å². The van der Waals surface area contributed by atoms with Crippen LogP contribution in [0.5, 0.6) is 0 Å². The van der Waals surface area contributed by atoms with Gasteiger partial charge in [-0.15, -0.1) is 0 Å². The fourth-order valence-electron chi connectivity index (χ4n) is 3.56. The van der Waals surface area contributed by atoms with Crippen LogP contribution >= 0.6 is 0 Å². The smallest absolute Gasteiger partial charge is 0.306 e. The van der Waals surface area contributed by atoms with Gasteiger partial charge in [-0.2, -0.15) is 0 Å². The van der Waals surface area contributed by atoms with Crippen molar-refractivity contribution in [2.24, 2.45) is 17.8 Å². The first-order valence-electron chi connectivity index (χ1n) is 8.21. The molecule has 1 saturated heterocycles. The summed E-state index contributed by atoms with van der Waals surface area (Å²) in [7, 11) is 0. The predicted octanol–water partition coefficient (Wildman–Crippen LogP) is 1.68. The Morgan fingerprint density at radius 2 is 1.71 bits per heavy atom. The van der Waals surface area contributed by atoms with E-state index >= 15 is 0 Å². The number of amides is 1. The zero-order valence-corrected chi connectivity index (χ0v) is 13.3. The molecule has 0 aromatic heterocycles. The Balaban J connectivity index is 1.82. The number of carboxylic acid groups (broad SMARTS) is 1. The predicted molar refractivity (Wildman–Crippen MR) is 80.9 cm³/mol. The van der Waals surface area contributed by atoms with Crippen molar-refractivity contribution >= 4 is 11.9 Å². The molecule has 0 aromatic carbocycles. The lowest BCUT2D eigenvalue weighted by atomic mass is 9.80. The molecule has 2 fully saturated rings. The van der Waals surface area contributed by atoms with E-state index in [1.807, 2.05) is 4.90 Å². The highest BCUT2D eigenvalue weighted by Gasteiger charge is 2.34. The van der Waals surface area contributed by atoms with Crippen molar-refractivity contribution < 1.29 is 14.7 Å². The number of hydrogen-bond acceptors (Lipinski definition) is 3. The average Bonchev–Trinajstić information content (AvgIpc) is 2.47. The minimum absolute atomic E-state index is 0.0727. The Labute approximate surface area is 127 Å². The molecule has 0 bridgehead atoms. The van der Waals surface area contributed by atoms with Gasteiger partial charge in [-0.3, -0.25) is 14.5 Å². The first-order chi connectivity index (χ1) is 9.97. The van der Waals surface area contributed by atoms with E-state index < -0.39 is 5.97 Å². The van der Waals surface area contributed by atoms with Gasteiger partial charge in [-0.25, -0.2) is 0 Å². The van der Waals surface area contributed by atoms with Crippen molar-refractivity contribution in [2.75, 3.05) is 32.7 Å². The Morgan fingerprint density at radius 3 is 2.29 bits per heavy atom. The van der Waals surface area contributed by atoms with E-state index in [2.05, 4.69) is 18.7 Å². The van der Waals surface area contributed by atoms with Gasteiger partial charge in [-0.1, -0.05) is 20.3 Å². The molecule has 1 amide bonds. The zero-order valence-electron chi connectivity index (χ0n) is 13.3. The molecule has 120 valence electrons. The highest BCUT2D eigenvalue weighted by Crippen LogP contribution is 2.30. The summed E-state index contributed by atoms with van der Waals surface area (Å²) in [6, 6.07) is 0. The second-order valence-corrected chi connectivity index (χ2v) is 6.92. The lowest BCUT2D eigenvalue weighted by Gasteiger charge is -2.38. The molecular formula is C16H28N2O3. The minimum Gasteiger partial charge on any atom is -0.481 e. The summed E-state index contributed by atoms with van der Waals surface area (Å²) in [5.41, 5.74) is 0. The van der Waals surface area contributed by atoms with Crippen LogP contribution in [0.4, 0.5) is 0 Å². The van der Waals surface area contributed by atoms with E-state index in [0.717, 1.165) is 52.0 Å². The fraction of sp³-hybridized carbons (Fsp3) is 0.875. The minimum atomic E-state index is -0.741. The lowest BCUT2D eigenvalue weighted by molar-refractivity contribution is -0.146. The third kappa shape index (κ3) is 4.43. The number of hydrogen-bond donors (Lipinski definition) is 1. The SMILES string of the molecule is CC(C)CN1CCN(C(=O)C2CCCC(C(=O)O)C2)CC1. The zero-order chi connectivity index (χ0) is 15.4. The summed E-state index contributed by atoms with van der Waals surface area (Å²) in [6.45, 7) is 8.99. The molecule has 1 aliphatic carbocycles. The van der Waals surface area contributed by atoms with E-state index in [1.54, 1.807) is 0 Å². The number of piperazine rings is 1. The monoisotopic (exact) mass is 296 g/mol. The van der Waals surface area contributed by atoms with Crippen molar-refractivity contribution in [3.63, 3.8) is 0 Å². The van der Waals surface area contributed by atoms with E-state index in [-0.39, 0.29) is 17.7 Å². The Kier molecular flexibility index (Phi) is 5.62. The molecule has 1 aliphatic heterocycles. The van der Waals surface area contributed by atoms with Crippen LogP contribution in [-0.4, -0.2) is 59.5 Å². The number of nitrogens with zero attached hydrogens (tertiary/aromatic N) is 2. The van der Waals surface area contributed by atoms with Gasteiger partial charge < -0.3 is 10.0 Å². The van der Waals surface area contributed by atoms with E-state index in [0.29, 0.717) is 12.3 Å². The van der Waals surface area contributed by atoms with Gasteiger partial charge in [0.1, 0.15) is 0 Å². The average molecular weight is 296 g/mol. The Bertz CT molecular complexity index is 376. The summed E-state index contributed by atoms with van der Waals surface area (Å²) in [5, 5.41) is 9.14. The molecule has 2 unspecified atom stereocenters.